The number of sulfonamides is 1. The molecular weight excluding hydrogens is 277 g/mol. The second kappa shape index (κ2) is 6.09. The molecule has 1 atom stereocenters. The van der Waals surface area contributed by atoms with Gasteiger partial charge in [0.1, 0.15) is 10.7 Å². The molecule has 0 saturated heterocycles. The van der Waals surface area contributed by atoms with Gasteiger partial charge in [-0.15, -0.1) is 0 Å². The van der Waals surface area contributed by atoms with Crippen LogP contribution in [0.2, 0.25) is 0 Å². The van der Waals surface area contributed by atoms with Crippen molar-refractivity contribution in [1.29, 1.82) is 0 Å². The molecule has 0 aliphatic heterocycles. The van der Waals surface area contributed by atoms with Crippen LogP contribution >= 0.6 is 0 Å². The molecule has 0 aliphatic rings. The molecule has 0 bridgehead atoms. The molecule has 8 heteroatoms. The molecule has 0 heterocycles. The van der Waals surface area contributed by atoms with Crippen molar-refractivity contribution in [2.75, 3.05) is 6.54 Å². The lowest BCUT2D eigenvalue weighted by Crippen LogP contribution is -2.27. The first-order valence-electron chi connectivity index (χ1n) is 5.44. The number of aliphatic hydroxyl groups is 1. The van der Waals surface area contributed by atoms with Crippen LogP contribution in [0.15, 0.2) is 23.1 Å². The average Bonchev–Trinajstić information content (AvgIpc) is 2.27. The van der Waals surface area contributed by atoms with E-state index in [1.54, 1.807) is 0 Å². The van der Waals surface area contributed by atoms with Gasteiger partial charge in [0.25, 0.3) is 0 Å². The van der Waals surface area contributed by atoms with Gasteiger partial charge in [-0.25, -0.2) is 22.3 Å². The molecule has 0 spiro atoms. The summed E-state index contributed by atoms with van der Waals surface area (Å²) in [6.45, 7) is 1.46. The SMILES string of the molecule is CC(O)CCNS(=O)(=O)c1ccc(C(=O)O)cc1F. The van der Waals surface area contributed by atoms with Gasteiger partial charge in [0, 0.05) is 6.54 Å². The largest absolute Gasteiger partial charge is 0.478 e. The highest BCUT2D eigenvalue weighted by Gasteiger charge is 2.20. The molecule has 1 unspecified atom stereocenters. The minimum Gasteiger partial charge on any atom is -0.478 e. The van der Waals surface area contributed by atoms with Crippen molar-refractivity contribution < 1.29 is 27.8 Å². The molecule has 1 aromatic carbocycles. The fourth-order valence-corrected chi connectivity index (χ4v) is 2.44. The summed E-state index contributed by atoms with van der Waals surface area (Å²) >= 11 is 0. The number of rotatable bonds is 6. The van der Waals surface area contributed by atoms with Gasteiger partial charge < -0.3 is 10.2 Å². The lowest BCUT2D eigenvalue weighted by Gasteiger charge is -2.09. The van der Waals surface area contributed by atoms with Crippen molar-refractivity contribution in [3.63, 3.8) is 0 Å². The van der Waals surface area contributed by atoms with Crippen LogP contribution in [0.5, 0.6) is 0 Å². The van der Waals surface area contributed by atoms with Crippen molar-refractivity contribution in [3.8, 4) is 0 Å². The maximum Gasteiger partial charge on any atom is 0.335 e. The number of carbonyl (C=O) groups is 1. The van der Waals surface area contributed by atoms with Crippen LogP contribution in [0, 0.1) is 5.82 Å². The Balaban J connectivity index is 2.93. The van der Waals surface area contributed by atoms with E-state index < -0.39 is 32.8 Å². The summed E-state index contributed by atoms with van der Waals surface area (Å²) in [7, 11) is -4.06. The standard InChI is InChI=1S/C11H14FNO5S/c1-7(14)4-5-13-19(17,18)10-3-2-8(11(15)16)6-9(10)12/h2-3,6-7,13-14H,4-5H2,1H3,(H,15,16). The monoisotopic (exact) mass is 291 g/mol. The van der Waals surface area contributed by atoms with Crippen LogP contribution < -0.4 is 4.72 Å². The summed E-state index contributed by atoms with van der Waals surface area (Å²) in [6.07, 6.45) is -0.490. The van der Waals surface area contributed by atoms with Crippen LogP contribution in [-0.2, 0) is 10.0 Å². The van der Waals surface area contributed by atoms with Crippen LogP contribution in [0.3, 0.4) is 0 Å². The van der Waals surface area contributed by atoms with E-state index in [-0.39, 0.29) is 18.5 Å². The van der Waals surface area contributed by atoms with Gasteiger partial charge in [-0.3, -0.25) is 0 Å². The number of aromatic carboxylic acids is 1. The Morgan fingerprint density at radius 2 is 2.11 bits per heavy atom. The van der Waals surface area contributed by atoms with Crippen molar-refractivity contribution in [3.05, 3.63) is 29.6 Å². The molecule has 1 aromatic rings. The highest BCUT2D eigenvalue weighted by Crippen LogP contribution is 2.16. The first-order valence-corrected chi connectivity index (χ1v) is 6.93. The number of benzene rings is 1. The molecule has 0 amide bonds. The third-order valence-electron chi connectivity index (χ3n) is 2.32. The van der Waals surface area contributed by atoms with E-state index in [0.29, 0.717) is 6.07 Å². The molecule has 0 aliphatic carbocycles. The van der Waals surface area contributed by atoms with E-state index in [2.05, 4.69) is 4.72 Å². The predicted octanol–water partition coefficient (Wildman–Crippen LogP) is 0.573. The number of aliphatic hydroxyl groups excluding tert-OH is 1. The van der Waals surface area contributed by atoms with Crippen molar-refractivity contribution >= 4 is 16.0 Å². The van der Waals surface area contributed by atoms with Gasteiger partial charge in [0.05, 0.1) is 11.7 Å². The normalized spacial score (nSPS) is 13.2. The third-order valence-corrected chi connectivity index (χ3v) is 3.82. The molecule has 0 radical (unpaired) electrons. The van der Waals surface area contributed by atoms with Crippen LogP contribution in [0.4, 0.5) is 4.39 Å². The van der Waals surface area contributed by atoms with Gasteiger partial charge in [-0.05, 0) is 31.5 Å². The van der Waals surface area contributed by atoms with E-state index in [0.717, 1.165) is 12.1 Å². The maximum absolute atomic E-state index is 13.6. The van der Waals surface area contributed by atoms with Gasteiger partial charge >= 0.3 is 5.97 Å². The number of hydrogen-bond acceptors (Lipinski definition) is 4. The highest BCUT2D eigenvalue weighted by molar-refractivity contribution is 7.89. The highest BCUT2D eigenvalue weighted by atomic mass is 32.2. The van der Waals surface area contributed by atoms with Crippen LogP contribution in [-0.4, -0.2) is 37.2 Å². The topological polar surface area (TPSA) is 104 Å². The summed E-state index contributed by atoms with van der Waals surface area (Å²) in [5.74, 6) is -2.48. The molecule has 3 N–H and O–H groups in total. The minimum absolute atomic E-state index is 0.0415. The van der Waals surface area contributed by atoms with Crippen LogP contribution in [0.1, 0.15) is 23.7 Å². The second-order valence-corrected chi connectivity index (χ2v) is 5.72. The predicted molar refractivity (Wildman–Crippen MR) is 64.8 cm³/mol. The number of hydrogen-bond donors (Lipinski definition) is 3. The fourth-order valence-electron chi connectivity index (χ4n) is 1.33. The van der Waals surface area contributed by atoms with Crippen LogP contribution in [0.25, 0.3) is 0 Å². The number of carboxylic acid groups (broad SMARTS) is 1. The number of halogens is 1. The molecule has 1 rings (SSSR count). The molecular formula is C11H14FNO5S. The Morgan fingerprint density at radius 3 is 2.58 bits per heavy atom. The molecule has 0 aromatic heterocycles. The van der Waals surface area contributed by atoms with Gasteiger partial charge in [0.2, 0.25) is 10.0 Å². The quantitative estimate of drug-likeness (QED) is 0.711. The number of nitrogens with one attached hydrogen (secondary N) is 1. The van der Waals surface area contributed by atoms with Gasteiger partial charge in [-0.2, -0.15) is 0 Å². The lowest BCUT2D eigenvalue weighted by atomic mass is 10.2. The summed E-state index contributed by atoms with van der Waals surface area (Å²) in [5, 5.41) is 17.6. The molecule has 106 valence electrons. The first-order chi connectivity index (χ1) is 8.74. The Bertz CT molecular complexity index is 570. The van der Waals surface area contributed by atoms with E-state index in [1.807, 2.05) is 0 Å². The maximum atomic E-state index is 13.6. The molecule has 0 fully saturated rings. The Kier molecular flexibility index (Phi) is 4.98. The van der Waals surface area contributed by atoms with E-state index in [9.17, 15) is 17.6 Å². The van der Waals surface area contributed by atoms with E-state index in [1.165, 1.54) is 6.92 Å². The number of carboxylic acids is 1. The molecule has 6 nitrogen and oxygen atoms in total. The minimum atomic E-state index is -4.06. The van der Waals surface area contributed by atoms with Gasteiger partial charge in [0.15, 0.2) is 0 Å². The Labute approximate surface area is 109 Å². The first kappa shape index (κ1) is 15.5. The van der Waals surface area contributed by atoms with Crippen molar-refractivity contribution in [2.45, 2.75) is 24.3 Å². The van der Waals surface area contributed by atoms with E-state index in [4.69, 9.17) is 10.2 Å². The molecule has 19 heavy (non-hydrogen) atoms. The van der Waals surface area contributed by atoms with Gasteiger partial charge in [-0.1, -0.05) is 0 Å². The molecule has 0 saturated carbocycles. The summed E-state index contributed by atoms with van der Waals surface area (Å²) in [6, 6.07) is 2.55. The summed E-state index contributed by atoms with van der Waals surface area (Å²) in [4.78, 5) is 9.98. The zero-order valence-electron chi connectivity index (χ0n) is 10.1. The smallest absolute Gasteiger partial charge is 0.335 e. The van der Waals surface area contributed by atoms with Crippen molar-refractivity contribution in [1.82, 2.24) is 4.72 Å². The van der Waals surface area contributed by atoms with E-state index >= 15 is 0 Å². The average molecular weight is 291 g/mol. The third kappa shape index (κ3) is 4.27. The van der Waals surface area contributed by atoms with Crippen molar-refractivity contribution in [2.24, 2.45) is 0 Å². The fraction of sp³-hybridized carbons (Fsp3) is 0.364. The lowest BCUT2D eigenvalue weighted by molar-refractivity contribution is 0.0696. The second-order valence-electron chi connectivity index (χ2n) is 3.99. The Morgan fingerprint density at radius 1 is 1.47 bits per heavy atom. The summed E-state index contributed by atoms with van der Waals surface area (Å²) in [5.41, 5.74) is -0.333. The zero-order valence-corrected chi connectivity index (χ0v) is 10.9. The summed E-state index contributed by atoms with van der Waals surface area (Å²) < 4.78 is 39.2. The Hall–Kier alpha value is -1.51. The zero-order chi connectivity index (χ0) is 14.6.